The zero-order chi connectivity index (χ0) is 19.1. The maximum atomic E-state index is 12.8. The van der Waals surface area contributed by atoms with Crippen molar-refractivity contribution in [1.82, 2.24) is 4.98 Å². The van der Waals surface area contributed by atoms with E-state index in [9.17, 15) is 19.7 Å². The molecule has 8 nitrogen and oxygen atoms in total. The Balaban J connectivity index is 2.00. The lowest BCUT2D eigenvalue weighted by molar-refractivity contribution is -0.389. The van der Waals surface area contributed by atoms with E-state index >= 15 is 0 Å². The van der Waals surface area contributed by atoms with Crippen LogP contribution in [0.15, 0.2) is 36.4 Å². The second kappa shape index (κ2) is 6.21. The number of hydrogen-bond donors (Lipinski definition) is 0. The van der Waals surface area contributed by atoms with Gasteiger partial charge in [0.1, 0.15) is 0 Å². The van der Waals surface area contributed by atoms with E-state index in [2.05, 4.69) is 4.98 Å². The molecule has 1 aromatic carbocycles. The van der Waals surface area contributed by atoms with E-state index in [1.54, 1.807) is 38.1 Å². The number of ketones is 1. The van der Waals surface area contributed by atoms with Crippen LogP contribution >= 0.6 is 0 Å². The van der Waals surface area contributed by atoms with Crippen LogP contribution in [-0.2, 0) is 4.79 Å². The third-order valence-electron chi connectivity index (χ3n) is 4.07. The van der Waals surface area contributed by atoms with Crippen LogP contribution < -0.4 is 9.64 Å². The van der Waals surface area contributed by atoms with E-state index in [-0.39, 0.29) is 23.9 Å². The molecule has 0 saturated carbocycles. The van der Waals surface area contributed by atoms with Crippen LogP contribution in [0.5, 0.6) is 5.75 Å². The van der Waals surface area contributed by atoms with Gasteiger partial charge in [-0.25, -0.2) is 0 Å². The van der Waals surface area contributed by atoms with Crippen molar-refractivity contribution >= 4 is 23.3 Å². The number of rotatable bonds is 4. The molecule has 134 valence electrons. The number of pyridine rings is 1. The molecule has 0 N–H and O–H groups in total. The highest BCUT2D eigenvalue weighted by molar-refractivity contribution is 6.08. The molecule has 0 fully saturated rings. The molecule has 1 amide bonds. The number of Topliss-reactive ketones (excluding diaryl/α,β-unsaturated/α-hetero) is 1. The maximum Gasteiger partial charge on any atom is 0.366 e. The minimum Gasteiger partial charge on any atom is -0.472 e. The van der Waals surface area contributed by atoms with E-state index in [0.29, 0.717) is 5.56 Å². The Morgan fingerprint density at radius 1 is 1.23 bits per heavy atom. The average molecular weight is 355 g/mol. The van der Waals surface area contributed by atoms with E-state index in [4.69, 9.17) is 4.74 Å². The molecule has 0 atom stereocenters. The van der Waals surface area contributed by atoms with E-state index in [1.807, 2.05) is 6.92 Å². The molecule has 0 spiro atoms. The SMILES string of the molecule is Cc1ccc(C(=O)CN2C(=O)C(C)(C)Oc3ccc([N+](=O)[O-])nc32)cc1. The normalized spacial score (nSPS) is 15.2. The number of fused-ring (bicyclic) bond motifs is 1. The van der Waals surface area contributed by atoms with Gasteiger partial charge in [0.25, 0.3) is 11.7 Å². The summed E-state index contributed by atoms with van der Waals surface area (Å²) in [5.74, 6) is -1.01. The quantitative estimate of drug-likeness (QED) is 0.475. The van der Waals surface area contributed by atoms with Crippen LogP contribution in [0.1, 0.15) is 29.8 Å². The number of aromatic nitrogens is 1. The molecule has 1 aliphatic rings. The number of ether oxygens (including phenoxy) is 1. The van der Waals surface area contributed by atoms with Gasteiger partial charge in [0.2, 0.25) is 0 Å². The molecule has 8 heteroatoms. The summed E-state index contributed by atoms with van der Waals surface area (Å²) >= 11 is 0. The summed E-state index contributed by atoms with van der Waals surface area (Å²) in [5.41, 5.74) is 0.241. The Morgan fingerprint density at radius 3 is 2.50 bits per heavy atom. The third kappa shape index (κ3) is 3.13. The van der Waals surface area contributed by atoms with Gasteiger partial charge < -0.3 is 14.9 Å². The van der Waals surface area contributed by atoms with Crippen LogP contribution in [0, 0.1) is 17.0 Å². The van der Waals surface area contributed by atoms with Crippen LogP contribution in [0.25, 0.3) is 0 Å². The summed E-state index contributed by atoms with van der Waals surface area (Å²) in [6.45, 7) is 4.77. The van der Waals surface area contributed by atoms with E-state index < -0.39 is 22.2 Å². The zero-order valence-electron chi connectivity index (χ0n) is 14.6. The highest BCUT2D eigenvalue weighted by Gasteiger charge is 2.45. The highest BCUT2D eigenvalue weighted by Crippen LogP contribution is 2.37. The number of benzene rings is 1. The first kappa shape index (κ1) is 17.5. The van der Waals surface area contributed by atoms with Gasteiger partial charge in [0.15, 0.2) is 17.1 Å². The lowest BCUT2D eigenvalue weighted by atomic mass is 10.0. The van der Waals surface area contributed by atoms with Gasteiger partial charge in [0.05, 0.1) is 6.54 Å². The van der Waals surface area contributed by atoms with Crippen molar-refractivity contribution in [3.63, 3.8) is 0 Å². The number of amides is 1. The van der Waals surface area contributed by atoms with Crippen molar-refractivity contribution in [2.24, 2.45) is 0 Å². The van der Waals surface area contributed by atoms with Crippen molar-refractivity contribution in [2.45, 2.75) is 26.4 Å². The fraction of sp³-hybridized carbons (Fsp3) is 0.278. The van der Waals surface area contributed by atoms with Gasteiger partial charge in [-0.05, 0) is 36.7 Å². The monoisotopic (exact) mass is 355 g/mol. The molecule has 2 aromatic rings. The van der Waals surface area contributed by atoms with Crippen molar-refractivity contribution < 1.29 is 19.2 Å². The van der Waals surface area contributed by atoms with Crippen molar-refractivity contribution in [1.29, 1.82) is 0 Å². The summed E-state index contributed by atoms with van der Waals surface area (Å²) in [6, 6.07) is 9.54. The smallest absolute Gasteiger partial charge is 0.366 e. The molecule has 2 heterocycles. The first-order valence-electron chi connectivity index (χ1n) is 7.95. The fourth-order valence-corrected chi connectivity index (χ4v) is 2.66. The number of aryl methyl sites for hydroxylation is 1. The van der Waals surface area contributed by atoms with Gasteiger partial charge >= 0.3 is 5.82 Å². The first-order valence-corrected chi connectivity index (χ1v) is 7.95. The molecule has 26 heavy (non-hydrogen) atoms. The Kier molecular flexibility index (Phi) is 4.19. The zero-order valence-corrected chi connectivity index (χ0v) is 14.6. The van der Waals surface area contributed by atoms with Crippen LogP contribution in [0.4, 0.5) is 11.6 Å². The predicted molar refractivity (Wildman–Crippen MR) is 93.5 cm³/mol. The molecule has 1 aromatic heterocycles. The number of nitrogens with zero attached hydrogens (tertiary/aromatic N) is 3. The average Bonchev–Trinajstić information content (AvgIpc) is 2.58. The summed E-state index contributed by atoms with van der Waals surface area (Å²) in [7, 11) is 0. The molecule has 0 unspecified atom stereocenters. The van der Waals surface area contributed by atoms with E-state index in [0.717, 1.165) is 10.5 Å². The molecule has 1 aliphatic heterocycles. The number of carbonyl (C=O) groups excluding carboxylic acids is 2. The molecular formula is C18H17N3O5. The molecule has 0 bridgehead atoms. The third-order valence-corrected chi connectivity index (χ3v) is 4.07. The predicted octanol–water partition coefficient (Wildman–Crippen LogP) is 2.69. The van der Waals surface area contributed by atoms with Crippen molar-refractivity contribution in [2.75, 3.05) is 11.4 Å². The Morgan fingerprint density at radius 2 is 1.88 bits per heavy atom. The molecule has 0 saturated heterocycles. The Labute approximate surface area is 149 Å². The fourth-order valence-electron chi connectivity index (χ4n) is 2.66. The minimum atomic E-state index is -1.21. The van der Waals surface area contributed by atoms with Crippen LogP contribution in [0.3, 0.4) is 0 Å². The van der Waals surface area contributed by atoms with Crippen molar-refractivity contribution in [3.05, 3.63) is 57.6 Å². The van der Waals surface area contributed by atoms with E-state index in [1.165, 1.54) is 12.1 Å². The van der Waals surface area contributed by atoms with Crippen LogP contribution in [0.2, 0.25) is 0 Å². The van der Waals surface area contributed by atoms with Gasteiger partial charge in [-0.2, -0.15) is 0 Å². The maximum absolute atomic E-state index is 12.8. The van der Waals surface area contributed by atoms with Gasteiger partial charge in [-0.1, -0.05) is 29.8 Å². The molecule has 3 rings (SSSR count). The van der Waals surface area contributed by atoms with Crippen LogP contribution in [-0.4, -0.2) is 33.7 Å². The van der Waals surface area contributed by atoms with Crippen molar-refractivity contribution in [3.8, 4) is 5.75 Å². The summed E-state index contributed by atoms with van der Waals surface area (Å²) in [4.78, 5) is 40.8. The lowest BCUT2D eigenvalue weighted by Crippen LogP contribution is -2.54. The number of nitro groups is 1. The van der Waals surface area contributed by atoms with Gasteiger partial charge in [-0.15, -0.1) is 0 Å². The summed E-state index contributed by atoms with van der Waals surface area (Å²) in [5, 5.41) is 11.0. The lowest BCUT2D eigenvalue weighted by Gasteiger charge is -2.35. The largest absolute Gasteiger partial charge is 0.472 e. The molecule has 0 aliphatic carbocycles. The number of anilines is 1. The molecule has 0 radical (unpaired) electrons. The minimum absolute atomic E-state index is 0.0241. The van der Waals surface area contributed by atoms with Gasteiger partial charge in [-0.3, -0.25) is 14.5 Å². The Bertz CT molecular complexity index is 906. The number of hydrogen-bond acceptors (Lipinski definition) is 6. The number of carbonyl (C=O) groups is 2. The highest BCUT2D eigenvalue weighted by atomic mass is 16.6. The standard InChI is InChI=1S/C18H17N3O5/c1-11-4-6-12(7-5-11)13(22)10-20-16-14(26-18(2,3)17(20)23)8-9-15(19-16)21(24)25/h4-9H,10H2,1-3H3. The topological polar surface area (TPSA) is 103 Å². The second-order valence-corrected chi connectivity index (χ2v) is 6.54. The Hall–Kier alpha value is -3.29. The second-order valence-electron chi connectivity index (χ2n) is 6.54. The van der Waals surface area contributed by atoms with Gasteiger partial charge in [0, 0.05) is 11.6 Å². The molecular weight excluding hydrogens is 338 g/mol. The first-order chi connectivity index (χ1) is 12.2. The summed E-state index contributed by atoms with van der Waals surface area (Å²) in [6.07, 6.45) is 0. The summed E-state index contributed by atoms with van der Waals surface area (Å²) < 4.78 is 5.61.